The molecule has 0 unspecified atom stereocenters. The molecule has 2 N–H and O–H groups in total. The lowest BCUT2D eigenvalue weighted by atomic mass is 10.1. The van der Waals surface area contributed by atoms with E-state index in [0.717, 1.165) is 6.07 Å². The summed E-state index contributed by atoms with van der Waals surface area (Å²) < 4.78 is 44.7. The first kappa shape index (κ1) is 26.3. The summed E-state index contributed by atoms with van der Waals surface area (Å²) >= 11 is 0. The Morgan fingerprint density at radius 1 is 0.842 bits per heavy atom. The summed E-state index contributed by atoms with van der Waals surface area (Å²) in [5, 5.41) is 5.68. The van der Waals surface area contributed by atoms with Crippen LogP contribution in [0.2, 0.25) is 0 Å². The fourth-order valence-electron chi connectivity index (χ4n) is 3.82. The normalized spacial score (nSPS) is 10.7. The van der Waals surface area contributed by atoms with Crippen molar-refractivity contribution in [1.82, 2.24) is 4.98 Å². The van der Waals surface area contributed by atoms with Crippen molar-refractivity contribution in [2.24, 2.45) is 0 Å². The molecule has 0 aliphatic rings. The Bertz CT molecular complexity index is 1490. The fraction of sp³-hybridized carbons (Fsp3) is 0.179. The van der Waals surface area contributed by atoms with Gasteiger partial charge in [-0.05, 0) is 54.4 Å². The number of carbonyl (C=O) groups is 2. The molecule has 4 aromatic rings. The van der Waals surface area contributed by atoms with E-state index < -0.39 is 29.9 Å². The molecule has 1 heterocycles. The number of fused-ring (bicyclic) bond motifs is 1. The maximum Gasteiger partial charge on any atom is 0.233 e. The highest BCUT2D eigenvalue weighted by molar-refractivity contribution is 6.08. The molecule has 3 aromatic carbocycles. The molecule has 4 rings (SSSR count). The summed E-state index contributed by atoms with van der Waals surface area (Å²) in [6, 6.07) is 12.8. The van der Waals surface area contributed by atoms with Gasteiger partial charge in [0.05, 0.1) is 19.7 Å². The van der Waals surface area contributed by atoms with Crippen LogP contribution in [0.25, 0.3) is 10.9 Å². The van der Waals surface area contributed by atoms with Gasteiger partial charge in [-0.3, -0.25) is 14.6 Å². The van der Waals surface area contributed by atoms with Gasteiger partial charge in [0, 0.05) is 35.1 Å². The second-order valence-electron chi connectivity index (χ2n) is 8.21. The number of hydrogen-bond donors (Lipinski definition) is 2. The zero-order chi connectivity index (χ0) is 27.2. The summed E-state index contributed by atoms with van der Waals surface area (Å²) in [7, 11) is 3.03. The highest BCUT2D eigenvalue weighted by atomic mass is 19.1. The van der Waals surface area contributed by atoms with Crippen molar-refractivity contribution in [2.45, 2.75) is 19.8 Å². The Morgan fingerprint density at radius 2 is 1.53 bits per heavy atom. The second kappa shape index (κ2) is 11.5. The summed E-state index contributed by atoms with van der Waals surface area (Å²) in [5.74, 6) is -1.11. The number of hydrogen-bond acceptors (Lipinski definition) is 6. The van der Waals surface area contributed by atoms with Crippen molar-refractivity contribution >= 4 is 34.1 Å². The Labute approximate surface area is 217 Å². The quantitative estimate of drug-likeness (QED) is 0.268. The van der Waals surface area contributed by atoms with Crippen molar-refractivity contribution in [3.63, 3.8) is 0 Å². The number of methoxy groups -OCH3 is 2. The molecule has 38 heavy (non-hydrogen) atoms. The zero-order valence-corrected chi connectivity index (χ0v) is 20.9. The van der Waals surface area contributed by atoms with E-state index in [1.807, 2.05) is 6.92 Å². The van der Waals surface area contributed by atoms with Crippen LogP contribution >= 0.6 is 0 Å². The molecule has 0 aliphatic heterocycles. The fourth-order valence-corrected chi connectivity index (χ4v) is 3.82. The van der Waals surface area contributed by atoms with E-state index in [2.05, 4.69) is 15.6 Å². The lowest BCUT2D eigenvalue weighted by Gasteiger charge is -2.15. The maximum atomic E-state index is 15.1. The Balaban J connectivity index is 1.52. The van der Waals surface area contributed by atoms with Gasteiger partial charge in [0.2, 0.25) is 11.8 Å². The zero-order valence-electron chi connectivity index (χ0n) is 20.9. The number of halogens is 2. The van der Waals surface area contributed by atoms with Gasteiger partial charge < -0.3 is 24.8 Å². The Hall–Kier alpha value is -4.73. The molecule has 0 bridgehead atoms. The number of benzene rings is 3. The molecular weight excluding hydrogens is 496 g/mol. The molecule has 0 saturated carbocycles. The molecule has 0 aliphatic carbocycles. The molecule has 8 nitrogen and oxygen atoms in total. The summed E-state index contributed by atoms with van der Waals surface area (Å²) in [6.45, 7) is 1.84. The number of pyridine rings is 1. The summed E-state index contributed by atoms with van der Waals surface area (Å²) in [6.07, 6.45) is 1.48. The van der Waals surface area contributed by atoms with Crippen LogP contribution in [0.3, 0.4) is 0 Å². The van der Waals surface area contributed by atoms with Gasteiger partial charge in [-0.15, -0.1) is 0 Å². The van der Waals surface area contributed by atoms with Crippen LogP contribution in [-0.2, 0) is 16.0 Å². The number of nitrogens with one attached hydrogen (secondary N) is 2. The third-order valence-electron chi connectivity index (χ3n) is 5.69. The van der Waals surface area contributed by atoms with E-state index in [4.69, 9.17) is 14.2 Å². The highest BCUT2D eigenvalue weighted by Gasteiger charge is 2.17. The van der Waals surface area contributed by atoms with E-state index in [9.17, 15) is 14.0 Å². The van der Waals surface area contributed by atoms with Crippen LogP contribution in [0.15, 0.2) is 60.8 Å². The van der Waals surface area contributed by atoms with Crippen LogP contribution in [-0.4, -0.2) is 31.0 Å². The summed E-state index contributed by atoms with van der Waals surface area (Å²) in [5.41, 5.74) is 1.75. The number of rotatable bonds is 9. The van der Waals surface area contributed by atoms with Gasteiger partial charge in [0.25, 0.3) is 0 Å². The average Bonchev–Trinajstić information content (AvgIpc) is 2.90. The van der Waals surface area contributed by atoms with Crippen LogP contribution in [0.4, 0.5) is 20.2 Å². The van der Waals surface area contributed by atoms with Crippen molar-refractivity contribution in [3.8, 4) is 23.0 Å². The molecule has 196 valence electrons. The minimum absolute atomic E-state index is 0.0452. The minimum atomic E-state index is -0.710. The van der Waals surface area contributed by atoms with E-state index in [1.54, 1.807) is 18.2 Å². The van der Waals surface area contributed by atoms with Gasteiger partial charge in [0.1, 0.15) is 18.0 Å². The molecule has 0 radical (unpaired) electrons. The Morgan fingerprint density at radius 3 is 2.21 bits per heavy atom. The first-order valence-corrected chi connectivity index (χ1v) is 11.7. The van der Waals surface area contributed by atoms with Gasteiger partial charge in [0.15, 0.2) is 23.1 Å². The van der Waals surface area contributed by atoms with Crippen LogP contribution in [0.5, 0.6) is 23.0 Å². The second-order valence-corrected chi connectivity index (χ2v) is 8.21. The molecule has 1 aromatic heterocycles. The first-order valence-electron chi connectivity index (χ1n) is 11.7. The molecule has 0 spiro atoms. The van der Waals surface area contributed by atoms with Gasteiger partial charge >= 0.3 is 0 Å². The van der Waals surface area contributed by atoms with Crippen LogP contribution in [0, 0.1) is 11.6 Å². The van der Waals surface area contributed by atoms with E-state index in [1.165, 1.54) is 50.7 Å². The lowest BCUT2D eigenvalue weighted by Crippen LogP contribution is -2.22. The highest BCUT2D eigenvalue weighted by Crippen LogP contribution is 2.38. The number of amides is 2. The number of ether oxygens (including phenoxy) is 3. The number of aryl methyl sites for hydroxylation is 1. The van der Waals surface area contributed by atoms with Crippen molar-refractivity contribution < 1.29 is 32.6 Å². The van der Waals surface area contributed by atoms with Gasteiger partial charge in [-0.25, -0.2) is 8.78 Å². The van der Waals surface area contributed by atoms with Gasteiger partial charge in [-0.1, -0.05) is 6.92 Å². The van der Waals surface area contributed by atoms with Crippen LogP contribution in [0.1, 0.15) is 18.9 Å². The predicted molar refractivity (Wildman–Crippen MR) is 139 cm³/mol. The molecule has 0 saturated heterocycles. The monoisotopic (exact) mass is 521 g/mol. The first-order chi connectivity index (χ1) is 18.3. The van der Waals surface area contributed by atoms with Crippen molar-refractivity contribution in [3.05, 3.63) is 78.0 Å². The topological polar surface area (TPSA) is 98.8 Å². The number of aromatic nitrogens is 1. The maximum absolute atomic E-state index is 15.1. The van der Waals surface area contributed by atoms with Crippen molar-refractivity contribution in [1.29, 1.82) is 0 Å². The van der Waals surface area contributed by atoms with E-state index in [-0.39, 0.29) is 11.4 Å². The molecule has 10 heteroatoms. The SMILES string of the molecule is CCc1cc(Oc2ccnc3cc(OC)c(OC)cc23)c(F)cc1NC(=O)CC(=O)Nc1ccc(F)cc1. The Kier molecular flexibility index (Phi) is 8.00. The predicted octanol–water partition coefficient (Wildman–Crippen LogP) is 5.85. The molecule has 2 amide bonds. The van der Waals surface area contributed by atoms with E-state index in [0.29, 0.717) is 45.8 Å². The summed E-state index contributed by atoms with van der Waals surface area (Å²) in [4.78, 5) is 29.0. The third-order valence-corrected chi connectivity index (χ3v) is 5.69. The largest absolute Gasteiger partial charge is 0.493 e. The lowest BCUT2D eigenvalue weighted by molar-refractivity contribution is -0.123. The minimum Gasteiger partial charge on any atom is -0.493 e. The average molecular weight is 522 g/mol. The third kappa shape index (κ3) is 5.97. The smallest absolute Gasteiger partial charge is 0.233 e. The number of carbonyl (C=O) groups excluding carboxylic acids is 2. The van der Waals surface area contributed by atoms with Crippen molar-refractivity contribution in [2.75, 3.05) is 24.9 Å². The molecule has 0 atom stereocenters. The van der Waals surface area contributed by atoms with Gasteiger partial charge in [-0.2, -0.15) is 0 Å². The van der Waals surface area contributed by atoms with E-state index >= 15 is 4.39 Å². The molecular formula is C28H25F2N3O5. The number of nitrogens with zero attached hydrogens (tertiary/aromatic N) is 1. The number of anilines is 2. The van der Waals surface area contributed by atoms with Crippen LogP contribution < -0.4 is 24.8 Å². The standard InChI is InChI=1S/C28H25F2N3O5/c1-4-16-11-24(38-23-9-10-31-22-14-26(37-3)25(36-2)12-19(22)23)20(30)13-21(16)33-28(35)15-27(34)32-18-7-5-17(29)6-8-18/h5-14H,4,15H2,1-3H3,(H,32,34)(H,33,35). The molecule has 0 fully saturated rings.